The summed E-state index contributed by atoms with van der Waals surface area (Å²) in [5.41, 5.74) is 5.40. The number of sulfonamides is 1. The van der Waals surface area contributed by atoms with Crippen LogP contribution in [0, 0.1) is 0 Å². The molecule has 0 saturated heterocycles. The van der Waals surface area contributed by atoms with Crippen LogP contribution in [0.2, 0.25) is 0 Å². The predicted molar refractivity (Wildman–Crippen MR) is 78.7 cm³/mol. The number of nitrogens with zero attached hydrogens (tertiary/aromatic N) is 2. The van der Waals surface area contributed by atoms with E-state index in [0.717, 1.165) is 17.9 Å². The molecule has 1 aromatic rings. The second-order valence-corrected chi connectivity index (χ2v) is 7.34. The highest BCUT2D eigenvalue weighted by Gasteiger charge is 2.19. The van der Waals surface area contributed by atoms with Gasteiger partial charge < -0.3 is 5.73 Å². The van der Waals surface area contributed by atoms with Crippen LogP contribution in [-0.4, -0.2) is 42.3 Å². The molecule has 1 heterocycles. The molecule has 19 heavy (non-hydrogen) atoms. The van der Waals surface area contributed by atoms with E-state index in [2.05, 4.69) is 16.7 Å². The number of hydrogen-bond donors (Lipinski definition) is 2. The molecule has 1 atom stereocenters. The number of thioether (sulfide) groups is 1. The van der Waals surface area contributed by atoms with Gasteiger partial charge in [0, 0.05) is 18.8 Å². The standard InChI is InChI=1S/C11H22N4O2S2/c1-3-18-7-4-10(2)14-19(16,17)11-8-13-15(9-11)6-5-12/h8-10,14H,3-7,12H2,1-2H3. The van der Waals surface area contributed by atoms with Crippen LogP contribution in [0.15, 0.2) is 17.3 Å². The van der Waals surface area contributed by atoms with Gasteiger partial charge in [0.2, 0.25) is 10.0 Å². The van der Waals surface area contributed by atoms with Crippen molar-refractivity contribution in [2.75, 3.05) is 18.1 Å². The smallest absolute Gasteiger partial charge is 0.243 e. The van der Waals surface area contributed by atoms with E-state index in [1.807, 2.05) is 6.92 Å². The first-order valence-electron chi connectivity index (χ1n) is 6.32. The van der Waals surface area contributed by atoms with Gasteiger partial charge in [-0.3, -0.25) is 4.68 Å². The Labute approximate surface area is 119 Å². The molecule has 1 unspecified atom stereocenters. The molecule has 0 amide bonds. The zero-order valence-electron chi connectivity index (χ0n) is 11.4. The third kappa shape index (κ3) is 5.52. The van der Waals surface area contributed by atoms with E-state index in [-0.39, 0.29) is 10.9 Å². The maximum atomic E-state index is 12.1. The highest BCUT2D eigenvalue weighted by Crippen LogP contribution is 2.10. The minimum absolute atomic E-state index is 0.0816. The van der Waals surface area contributed by atoms with Gasteiger partial charge in [-0.25, -0.2) is 13.1 Å². The van der Waals surface area contributed by atoms with E-state index in [9.17, 15) is 8.42 Å². The zero-order chi connectivity index (χ0) is 14.3. The Morgan fingerprint density at radius 3 is 2.95 bits per heavy atom. The van der Waals surface area contributed by atoms with Gasteiger partial charge in [-0.1, -0.05) is 6.92 Å². The Hall–Kier alpha value is -0.570. The molecule has 8 heteroatoms. The van der Waals surface area contributed by atoms with E-state index in [0.29, 0.717) is 13.1 Å². The average Bonchev–Trinajstić information content (AvgIpc) is 2.78. The van der Waals surface area contributed by atoms with Crippen molar-refractivity contribution in [2.24, 2.45) is 5.73 Å². The number of nitrogens with one attached hydrogen (secondary N) is 1. The molecule has 0 radical (unpaired) electrons. The van der Waals surface area contributed by atoms with E-state index in [4.69, 9.17) is 5.73 Å². The molecule has 1 aromatic heterocycles. The third-order valence-corrected chi connectivity index (χ3v) is 5.01. The van der Waals surface area contributed by atoms with Crippen molar-refractivity contribution in [3.05, 3.63) is 12.4 Å². The quantitative estimate of drug-likeness (QED) is 0.654. The fraction of sp³-hybridized carbons (Fsp3) is 0.727. The minimum Gasteiger partial charge on any atom is -0.329 e. The summed E-state index contributed by atoms with van der Waals surface area (Å²) in [6.45, 7) is 4.90. The summed E-state index contributed by atoms with van der Waals surface area (Å²) in [5.74, 6) is 2.00. The largest absolute Gasteiger partial charge is 0.329 e. The lowest BCUT2D eigenvalue weighted by Gasteiger charge is -2.12. The van der Waals surface area contributed by atoms with Crippen molar-refractivity contribution >= 4 is 21.8 Å². The molecule has 110 valence electrons. The molecule has 0 bridgehead atoms. The van der Waals surface area contributed by atoms with Crippen LogP contribution in [0.4, 0.5) is 0 Å². The van der Waals surface area contributed by atoms with Crippen LogP contribution in [-0.2, 0) is 16.6 Å². The predicted octanol–water partition coefficient (Wildman–Crippen LogP) is 0.652. The topological polar surface area (TPSA) is 90.0 Å². The Morgan fingerprint density at radius 1 is 1.58 bits per heavy atom. The molecule has 0 aliphatic rings. The molecular formula is C11H22N4O2S2. The van der Waals surface area contributed by atoms with Gasteiger partial charge in [-0.2, -0.15) is 16.9 Å². The van der Waals surface area contributed by atoms with E-state index >= 15 is 0 Å². The zero-order valence-corrected chi connectivity index (χ0v) is 13.0. The molecule has 0 aliphatic carbocycles. The van der Waals surface area contributed by atoms with Crippen LogP contribution in [0.1, 0.15) is 20.3 Å². The lowest BCUT2D eigenvalue weighted by molar-refractivity contribution is 0.556. The molecule has 0 spiro atoms. The molecular weight excluding hydrogens is 284 g/mol. The van der Waals surface area contributed by atoms with E-state index in [1.54, 1.807) is 11.8 Å². The van der Waals surface area contributed by atoms with Crippen molar-refractivity contribution in [2.45, 2.75) is 37.8 Å². The maximum Gasteiger partial charge on any atom is 0.243 e. The van der Waals surface area contributed by atoms with Gasteiger partial charge in [-0.05, 0) is 24.9 Å². The Bertz CT molecular complexity index is 473. The molecule has 6 nitrogen and oxygen atoms in total. The third-order valence-electron chi connectivity index (χ3n) is 2.53. The van der Waals surface area contributed by atoms with Crippen LogP contribution in [0.5, 0.6) is 0 Å². The van der Waals surface area contributed by atoms with Crippen LogP contribution in [0.25, 0.3) is 0 Å². The number of aromatic nitrogens is 2. The van der Waals surface area contributed by atoms with E-state index in [1.165, 1.54) is 17.1 Å². The lowest BCUT2D eigenvalue weighted by Crippen LogP contribution is -2.32. The van der Waals surface area contributed by atoms with E-state index < -0.39 is 10.0 Å². The van der Waals surface area contributed by atoms with Crippen molar-refractivity contribution in [3.8, 4) is 0 Å². The first-order chi connectivity index (χ1) is 8.99. The summed E-state index contributed by atoms with van der Waals surface area (Å²) < 4.78 is 28.4. The number of hydrogen-bond acceptors (Lipinski definition) is 5. The van der Waals surface area contributed by atoms with Crippen molar-refractivity contribution in [1.29, 1.82) is 0 Å². The maximum absolute atomic E-state index is 12.1. The summed E-state index contributed by atoms with van der Waals surface area (Å²) in [4.78, 5) is 0.191. The SMILES string of the molecule is CCSCCC(C)NS(=O)(=O)c1cnn(CCN)c1. The van der Waals surface area contributed by atoms with Crippen LogP contribution in [0.3, 0.4) is 0 Å². The second-order valence-electron chi connectivity index (χ2n) is 4.24. The normalized spacial score (nSPS) is 13.6. The van der Waals surface area contributed by atoms with Gasteiger partial charge in [-0.15, -0.1) is 0 Å². The minimum atomic E-state index is -3.48. The van der Waals surface area contributed by atoms with Crippen LogP contribution < -0.4 is 10.5 Å². The second kappa shape index (κ2) is 7.88. The average molecular weight is 306 g/mol. The van der Waals surface area contributed by atoms with Crippen molar-refractivity contribution < 1.29 is 8.42 Å². The fourth-order valence-electron chi connectivity index (χ4n) is 1.53. The van der Waals surface area contributed by atoms with Crippen LogP contribution >= 0.6 is 11.8 Å². The highest BCUT2D eigenvalue weighted by molar-refractivity contribution is 7.99. The number of nitrogens with two attached hydrogens (primary N) is 1. The first kappa shape index (κ1) is 16.5. The Balaban J connectivity index is 2.58. The summed E-state index contributed by atoms with van der Waals surface area (Å²) in [6, 6.07) is -0.0816. The Kier molecular flexibility index (Phi) is 6.84. The van der Waals surface area contributed by atoms with Gasteiger partial charge in [0.25, 0.3) is 0 Å². The van der Waals surface area contributed by atoms with Gasteiger partial charge >= 0.3 is 0 Å². The summed E-state index contributed by atoms with van der Waals surface area (Å²) in [7, 11) is -3.48. The summed E-state index contributed by atoms with van der Waals surface area (Å²) >= 11 is 1.80. The molecule has 0 saturated carbocycles. The van der Waals surface area contributed by atoms with Gasteiger partial charge in [0.15, 0.2) is 0 Å². The lowest BCUT2D eigenvalue weighted by atomic mass is 10.3. The van der Waals surface area contributed by atoms with Crippen molar-refractivity contribution in [3.63, 3.8) is 0 Å². The first-order valence-corrected chi connectivity index (χ1v) is 8.96. The van der Waals surface area contributed by atoms with Gasteiger partial charge in [0.1, 0.15) is 4.90 Å². The number of rotatable bonds is 9. The fourth-order valence-corrected chi connectivity index (χ4v) is 3.57. The molecule has 0 fully saturated rings. The molecule has 1 rings (SSSR count). The molecule has 3 N–H and O–H groups in total. The highest BCUT2D eigenvalue weighted by atomic mass is 32.2. The Morgan fingerprint density at radius 2 is 2.32 bits per heavy atom. The summed E-state index contributed by atoms with van der Waals surface area (Å²) in [5, 5.41) is 3.97. The summed E-state index contributed by atoms with van der Waals surface area (Å²) in [6.07, 6.45) is 3.67. The molecule has 0 aliphatic heterocycles. The molecule has 0 aromatic carbocycles. The monoisotopic (exact) mass is 306 g/mol. The van der Waals surface area contributed by atoms with Gasteiger partial charge in [0.05, 0.1) is 12.7 Å². The van der Waals surface area contributed by atoms with Crippen molar-refractivity contribution in [1.82, 2.24) is 14.5 Å².